The second-order valence-corrected chi connectivity index (χ2v) is 7.07. The third-order valence-electron chi connectivity index (χ3n) is 4.28. The monoisotopic (exact) mass is 328 g/mol. The molecule has 0 bridgehead atoms. The van der Waals surface area contributed by atoms with Gasteiger partial charge in [0.15, 0.2) is 11.5 Å². The number of hydrogen-bond acceptors (Lipinski definition) is 3. The van der Waals surface area contributed by atoms with Gasteiger partial charge in [-0.05, 0) is 54.2 Å². The van der Waals surface area contributed by atoms with E-state index in [1.165, 1.54) is 29.7 Å². The van der Waals surface area contributed by atoms with Crippen LogP contribution in [0, 0.1) is 5.92 Å². The highest BCUT2D eigenvalue weighted by atomic mass is 35.5. The lowest BCUT2D eigenvalue weighted by molar-refractivity contribution is 0.353. The van der Waals surface area contributed by atoms with Crippen molar-refractivity contribution in [2.45, 2.75) is 37.9 Å². The molecular formula is C17H25ClO2S. The van der Waals surface area contributed by atoms with Crippen molar-refractivity contribution in [3.05, 3.63) is 23.3 Å². The van der Waals surface area contributed by atoms with Gasteiger partial charge >= 0.3 is 0 Å². The van der Waals surface area contributed by atoms with E-state index < -0.39 is 0 Å². The first kappa shape index (κ1) is 16.8. The lowest BCUT2D eigenvalue weighted by atomic mass is 9.88. The zero-order chi connectivity index (χ0) is 15.2. The second kappa shape index (κ2) is 8.19. The predicted octanol–water partition coefficient (Wildman–Crippen LogP) is 5.08. The van der Waals surface area contributed by atoms with Crippen molar-refractivity contribution in [1.82, 2.24) is 0 Å². The Labute approximate surface area is 137 Å². The van der Waals surface area contributed by atoms with Gasteiger partial charge < -0.3 is 9.47 Å². The van der Waals surface area contributed by atoms with Gasteiger partial charge in [0.1, 0.15) is 0 Å². The second-order valence-electron chi connectivity index (χ2n) is 5.45. The Kier molecular flexibility index (Phi) is 6.56. The van der Waals surface area contributed by atoms with Crippen molar-refractivity contribution in [3.8, 4) is 11.5 Å². The van der Waals surface area contributed by atoms with E-state index >= 15 is 0 Å². The van der Waals surface area contributed by atoms with Gasteiger partial charge in [0.2, 0.25) is 0 Å². The minimum absolute atomic E-state index is 0.557. The molecule has 1 aliphatic heterocycles. The van der Waals surface area contributed by atoms with Crippen LogP contribution in [0.5, 0.6) is 11.5 Å². The quantitative estimate of drug-likeness (QED) is 0.650. The van der Waals surface area contributed by atoms with Crippen molar-refractivity contribution >= 4 is 23.4 Å². The molecule has 0 radical (unpaired) electrons. The Balaban J connectivity index is 2.32. The number of aryl methyl sites for hydroxylation is 1. The number of methoxy groups -OCH3 is 2. The van der Waals surface area contributed by atoms with Crippen LogP contribution in [0.2, 0.25) is 0 Å². The maximum absolute atomic E-state index is 5.89. The summed E-state index contributed by atoms with van der Waals surface area (Å²) in [6.07, 6.45) is 4.61. The first-order valence-corrected chi connectivity index (χ1v) is 9.25. The molecule has 2 atom stereocenters. The highest BCUT2D eigenvalue weighted by molar-refractivity contribution is 7.99. The van der Waals surface area contributed by atoms with Crippen molar-refractivity contribution in [3.63, 3.8) is 0 Å². The molecule has 4 heteroatoms. The molecule has 2 rings (SSSR count). The minimum Gasteiger partial charge on any atom is -0.493 e. The Bertz CT molecular complexity index is 464. The van der Waals surface area contributed by atoms with Crippen LogP contribution < -0.4 is 9.47 Å². The van der Waals surface area contributed by atoms with Crippen LogP contribution in [-0.4, -0.2) is 25.9 Å². The van der Waals surface area contributed by atoms with Crippen molar-refractivity contribution in [2.75, 3.05) is 25.9 Å². The normalized spacial score (nSPS) is 19.0. The molecule has 1 aromatic carbocycles. The maximum atomic E-state index is 5.89. The topological polar surface area (TPSA) is 18.5 Å². The maximum Gasteiger partial charge on any atom is 0.161 e. The number of rotatable bonds is 7. The van der Waals surface area contributed by atoms with Crippen LogP contribution in [0.25, 0.3) is 0 Å². The lowest BCUT2D eigenvalue weighted by Crippen LogP contribution is -2.17. The molecule has 0 spiro atoms. The summed E-state index contributed by atoms with van der Waals surface area (Å²) in [5.41, 5.74) is 2.85. The lowest BCUT2D eigenvalue weighted by Gasteiger charge is -2.32. The molecule has 0 saturated carbocycles. The fourth-order valence-electron chi connectivity index (χ4n) is 3.10. The van der Waals surface area contributed by atoms with Crippen LogP contribution in [0.4, 0.5) is 0 Å². The first-order chi connectivity index (χ1) is 10.2. The summed E-state index contributed by atoms with van der Waals surface area (Å²) < 4.78 is 10.9. The number of hydrogen-bond donors (Lipinski definition) is 0. The van der Waals surface area contributed by atoms with E-state index in [-0.39, 0.29) is 0 Å². The largest absolute Gasteiger partial charge is 0.493 e. The van der Waals surface area contributed by atoms with E-state index in [0.717, 1.165) is 30.2 Å². The predicted molar refractivity (Wildman–Crippen MR) is 92.2 cm³/mol. The molecule has 2 nitrogen and oxygen atoms in total. The zero-order valence-corrected chi connectivity index (χ0v) is 14.7. The third kappa shape index (κ3) is 3.81. The van der Waals surface area contributed by atoms with Gasteiger partial charge in [-0.15, -0.1) is 11.6 Å². The van der Waals surface area contributed by atoms with E-state index in [0.29, 0.717) is 11.2 Å². The molecule has 0 saturated heterocycles. The van der Waals surface area contributed by atoms with Crippen LogP contribution in [0.1, 0.15) is 42.6 Å². The molecule has 0 fully saturated rings. The standard InChI is InChI=1S/C17H25ClO2S/c1-4-12(6-5-8-18)17-14-11-16(20-3)15(19-2)10-13(14)7-9-21-17/h10-12,17H,4-9H2,1-3H3. The van der Waals surface area contributed by atoms with Gasteiger partial charge in [-0.3, -0.25) is 0 Å². The van der Waals surface area contributed by atoms with E-state index in [4.69, 9.17) is 21.1 Å². The molecule has 0 amide bonds. The van der Waals surface area contributed by atoms with Gasteiger partial charge in [-0.2, -0.15) is 11.8 Å². The van der Waals surface area contributed by atoms with Gasteiger partial charge in [0.05, 0.1) is 14.2 Å². The van der Waals surface area contributed by atoms with Crippen molar-refractivity contribution < 1.29 is 9.47 Å². The number of thioether (sulfide) groups is 1. The van der Waals surface area contributed by atoms with Gasteiger partial charge in [-0.25, -0.2) is 0 Å². The Morgan fingerprint density at radius 3 is 2.62 bits per heavy atom. The summed E-state index contributed by atoms with van der Waals surface area (Å²) >= 11 is 7.97. The van der Waals surface area contributed by atoms with Gasteiger partial charge in [0.25, 0.3) is 0 Å². The summed E-state index contributed by atoms with van der Waals surface area (Å²) in [6, 6.07) is 4.35. The fourth-order valence-corrected chi connectivity index (χ4v) is 4.85. The summed E-state index contributed by atoms with van der Waals surface area (Å²) in [7, 11) is 3.41. The van der Waals surface area contributed by atoms with Gasteiger partial charge in [-0.1, -0.05) is 13.3 Å². The zero-order valence-electron chi connectivity index (χ0n) is 13.2. The number of benzene rings is 1. The van der Waals surface area contributed by atoms with Crippen LogP contribution in [0.15, 0.2) is 12.1 Å². The van der Waals surface area contributed by atoms with Gasteiger partial charge in [0, 0.05) is 11.1 Å². The summed E-state index contributed by atoms with van der Waals surface area (Å²) in [5, 5.41) is 0.557. The Morgan fingerprint density at radius 1 is 1.29 bits per heavy atom. The summed E-state index contributed by atoms with van der Waals surface area (Å²) in [4.78, 5) is 0. The van der Waals surface area contributed by atoms with Crippen LogP contribution in [0.3, 0.4) is 0 Å². The van der Waals surface area contributed by atoms with Crippen LogP contribution >= 0.6 is 23.4 Å². The van der Waals surface area contributed by atoms with Crippen LogP contribution in [-0.2, 0) is 6.42 Å². The molecule has 0 aromatic heterocycles. The average Bonchev–Trinajstić information content (AvgIpc) is 2.54. The fraction of sp³-hybridized carbons (Fsp3) is 0.647. The molecule has 118 valence electrons. The summed E-state index contributed by atoms with van der Waals surface area (Å²) in [5.74, 6) is 4.31. The summed E-state index contributed by atoms with van der Waals surface area (Å²) in [6.45, 7) is 2.29. The molecule has 1 aromatic rings. The van der Waals surface area contributed by atoms with E-state index in [1.54, 1.807) is 14.2 Å². The highest BCUT2D eigenvalue weighted by Crippen LogP contribution is 2.47. The first-order valence-electron chi connectivity index (χ1n) is 7.67. The van der Waals surface area contributed by atoms with E-state index in [1.807, 2.05) is 0 Å². The smallest absolute Gasteiger partial charge is 0.161 e. The SMILES string of the molecule is CCC(CCCCl)C1SCCc2cc(OC)c(OC)cc21. The van der Waals surface area contributed by atoms with E-state index in [9.17, 15) is 0 Å². The molecule has 0 aliphatic carbocycles. The molecular weight excluding hydrogens is 304 g/mol. The molecule has 21 heavy (non-hydrogen) atoms. The minimum atomic E-state index is 0.557. The number of alkyl halides is 1. The third-order valence-corrected chi connectivity index (χ3v) is 5.99. The van der Waals surface area contributed by atoms with E-state index in [2.05, 4.69) is 30.8 Å². The average molecular weight is 329 g/mol. The number of fused-ring (bicyclic) bond motifs is 1. The number of ether oxygens (including phenoxy) is 2. The Morgan fingerprint density at radius 2 is 2.00 bits per heavy atom. The molecule has 0 N–H and O–H groups in total. The molecule has 1 heterocycles. The highest BCUT2D eigenvalue weighted by Gasteiger charge is 2.28. The number of halogens is 1. The van der Waals surface area contributed by atoms with Crippen molar-refractivity contribution in [2.24, 2.45) is 5.92 Å². The molecule has 1 aliphatic rings. The molecule has 2 unspecified atom stereocenters. The Hall–Kier alpha value is -0.540. The van der Waals surface area contributed by atoms with Crippen molar-refractivity contribution in [1.29, 1.82) is 0 Å².